The van der Waals surface area contributed by atoms with E-state index in [9.17, 15) is 12.8 Å². The fourth-order valence-electron chi connectivity index (χ4n) is 2.38. The van der Waals surface area contributed by atoms with E-state index in [0.29, 0.717) is 18.7 Å². The van der Waals surface area contributed by atoms with Crippen molar-refractivity contribution in [1.29, 1.82) is 0 Å². The maximum absolute atomic E-state index is 13.9. The monoisotopic (exact) mass is 316 g/mol. The van der Waals surface area contributed by atoms with Crippen molar-refractivity contribution in [2.24, 2.45) is 0 Å². The Bertz CT molecular complexity index is 598. The van der Waals surface area contributed by atoms with Gasteiger partial charge in [0.2, 0.25) is 10.0 Å². The van der Waals surface area contributed by atoms with Crippen molar-refractivity contribution >= 4 is 10.0 Å². The Balaban J connectivity index is 2.21. The van der Waals surface area contributed by atoms with Gasteiger partial charge >= 0.3 is 0 Å². The molecule has 0 amide bonds. The van der Waals surface area contributed by atoms with Crippen molar-refractivity contribution in [3.05, 3.63) is 29.1 Å². The van der Waals surface area contributed by atoms with Gasteiger partial charge in [0.05, 0.1) is 11.0 Å². The molecular weight excluding hydrogens is 295 g/mol. The summed E-state index contributed by atoms with van der Waals surface area (Å²) in [5, 5.41) is 2.88. The van der Waals surface area contributed by atoms with Crippen LogP contribution in [0.25, 0.3) is 0 Å². The number of benzene rings is 1. The average Bonchev–Trinajstić information content (AvgIpc) is 2.94. The number of hydrogen-bond acceptors (Lipinski definition) is 4. The molecule has 0 radical (unpaired) electrons. The van der Waals surface area contributed by atoms with Crippen LogP contribution >= 0.6 is 0 Å². The lowest BCUT2D eigenvalue weighted by Crippen LogP contribution is -2.32. The third-order valence-electron chi connectivity index (χ3n) is 3.55. The number of rotatable bonds is 6. The maximum Gasteiger partial charge on any atom is 0.241 e. The van der Waals surface area contributed by atoms with Crippen LogP contribution in [0.5, 0.6) is 0 Å². The van der Waals surface area contributed by atoms with Gasteiger partial charge in [0, 0.05) is 25.3 Å². The lowest BCUT2D eigenvalue weighted by molar-refractivity contribution is 0.114. The molecule has 7 heteroatoms. The van der Waals surface area contributed by atoms with Crippen LogP contribution in [0.3, 0.4) is 0 Å². The second kappa shape index (κ2) is 6.83. The summed E-state index contributed by atoms with van der Waals surface area (Å²) in [7, 11) is -2.02. The van der Waals surface area contributed by atoms with Crippen LogP contribution in [0.2, 0.25) is 0 Å². The van der Waals surface area contributed by atoms with Crippen LogP contribution in [0.1, 0.15) is 24.0 Å². The molecule has 1 aliphatic heterocycles. The van der Waals surface area contributed by atoms with Crippen molar-refractivity contribution < 1.29 is 17.5 Å². The molecule has 1 aromatic carbocycles. The van der Waals surface area contributed by atoms with Crippen molar-refractivity contribution in [2.75, 3.05) is 20.2 Å². The maximum atomic E-state index is 13.9. The smallest absolute Gasteiger partial charge is 0.241 e. The second-order valence-corrected chi connectivity index (χ2v) is 6.95. The first kappa shape index (κ1) is 16.4. The second-order valence-electron chi connectivity index (χ2n) is 5.22. The Hall–Kier alpha value is -1.02. The van der Waals surface area contributed by atoms with Gasteiger partial charge in [-0.2, -0.15) is 0 Å². The molecule has 2 rings (SSSR count). The summed E-state index contributed by atoms with van der Waals surface area (Å²) in [5.74, 6) is -0.514. The summed E-state index contributed by atoms with van der Waals surface area (Å²) in [4.78, 5) is -0.00857. The lowest BCUT2D eigenvalue weighted by Gasteiger charge is -2.14. The van der Waals surface area contributed by atoms with Crippen molar-refractivity contribution in [3.63, 3.8) is 0 Å². The number of halogens is 1. The summed E-state index contributed by atoms with van der Waals surface area (Å²) in [5.41, 5.74) is 0.729. The topological polar surface area (TPSA) is 67.4 Å². The Labute approximate surface area is 124 Å². The van der Waals surface area contributed by atoms with E-state index in [1.807, 2.05) is 0 Å². The van der Waals surface area contributed by atoms with Crippen LogP contribution in [0.15, 0.2) is 17.0 Å². The van der Waals surface area contributed by atoms with Crippen LogP contribution < -0.4 is 10.0 Å². The molecule has 0 saturated carbocycles. The van der Waals surface area contributed by atoms with Gasteiger partial charge in [-0.3, -0.25) is 0 Å². The molecule has 0 bridgehead atoms. The van der Waals surface area contributed by atoms with E-state index in [1.165, 1.54) is 19.1 Å². The Morgan fingerprint density at radius 2 is 2.19 bits per heavy atom. The van der Waals surface area contributed by atoms with Gasteiger partial charge in [0.15, 0.2) is 0 Å². The first-order chi connectivity index (χ1) is 9.94. The lowest BCUT2D eigenvalue weighted by atomic mass is 10.1. The van der Waals surface area contributed by atoms with Gasteiger partial charge in [-0.1, -0.05) is 0 Å². The molecular formula is C14H21FN2O3S. The van der Waals surface area contributed by atoms with E-state index in [1.54, 1.807) is 7.05 Å². The third-order valence-corrected chi connectivity index (χ3v) is 5.10. The van der Waals surface area contributed by atoms with Gasteiger partial charge in [-0.15, -0.1) is 0 Å². The first-order valence-electron chi connectivity index (χ1n) is 6.99. The molecule has 1 aliphatic rings. The summed E-state index contributed by atoms with van der Waals surface area (Å²) in [6.07, 6.45) is 1.69. The van der Waals surface area contributed by atoms with Crippen LogP contribution in [0, 0.1) is 12.7 Å². The van der Waals surface area contributed by atoms with Gasteiger partial charge in [0.1, 0.15) is 5.82 Å². The quantitative estimate of drug-likeness (QED) is 0.830. The van der Waals surface area contributed by atoms with Crippen molar-refractivity contribution in [1.82, 2.24) is 10.0 Å². The highest BCUT2D eigenvalue weighted by Crippen LogP contribution is 2.21. The normalized spacial score (nSPS) is 19.1. The average molecular weight is 316 g/mol. The van der Waals surface area contributed by atoms with E-state index in [-0.39, 0.29) is 23.1 Å². The predicted octanol–water partition coefficient (Wildman–Crippen LogP) is 1.31. The number of ether oxygens (including phenoxy) is 1. The van der Waals surface area contributed by atoms with E-state index >= 15 is 0 Å². The van der Waals surface area contributed by atoms with Crippen LogP contribution in [0.4, 0.5) is 4.39 Å². The van der Waals surface area contributed by atoms with E-state index < -0.39 is 15.8 Å². The molecule has 0 spiro atoms. The highest BCUT2D eigenvalue weighted by atomic mass is 32.2. The number of hydrogen-bond donors (Lipinski definition) is 2. The van der Waals surface area contributed by atoms with E-state index in [4.69, 9.17) is 4.74 Å². The fraction of sp³-hybridized carbons (Fsp3) is 0.571. The van der Waals surface area contributed by atoms with Crippen LogP contribution in [-0.4, -0.2) is 34.7 Å². The molecule has 0 aliphatic carbocycles. The highest BCUT2D eigenvalue weighted by molar-refractivity contribution is 7.89. The van der Waals surface area contributed by atoms with Gasteiger partial charge < -0.3 is 10.1 Å². The molecule has 118 valence electrons. The summed E-state index contributed by atoms with van der Waals surface area (Å²) in [6, 6.07) is 2.86. The molecule has 1 fully saturated rings. The van der Waals surface area contributed by atoms with Crippen molar-refractivity contribution in [3.8, 4) is 0 Å². The van der Waals surface area contributed by atoms with E-state index in [0.717, 1.165) is 12.8 Å². The molecule has 21 heavy (non-hydrogen) atoms. The molecule has 1 atom stereocenters. The minimum absolute atomic E-state index is 0.00857. The summed E-state index contributed by atoms with van der Waals surface area (Å²) >= 11 is 0. The summed E-state index contributed by atoms with van der Waals surface area (Å²) in [6.45, 7) is 2.77. The van der Waals surface area contributed by atoms with Gasteiger partial charge in [0.25, 0.3) is 0 Å². The third kappa shape index (κ3) is 4.00. The zero-order valence-corrected chi connectivity index (χ0v) is 13.1. The molecule has 5 nitrogen and oxygen atoms in total. The first-order valence-corrected chi connectivity index (χ1v) is 8.47. The zero-order valence-electron chi connectivity index (χ0n) is 12.3. The minimum atomic E-state index is -3.74. The largest absolute Gasteiger partial charge is 0.377 e. The molecule has 2 N–H and O–H groups in total. The SMILES string of the molecule is CNCc1cc(F)c(C)c(S(=O)(=O)NCC2CCCO2)c1. The van der Waals surface area contributed by atoms with Crippen molar-refractivity contribution in [2.45, 2.75) is 37.3 Å². The molecule has 1 heterocycles. The van der Waals surface area contributed by atoms with Gasteiger partial charge in [-0.25, -0.2) is 17.5 Å². The molecule has 1 aromatic rings. The Kier molecular flexibility index (Phi) is 5.32. The molecule has 1 saturated heterocycles. The van der Waals surface area contributed by atoms with Gasteiger partial charge in [-0.05, 0) is 44.5 Å². The number of sulfonamides is 1. The molecule has 1 unspecified atom stereocenters. The highest BCUT2D eigenvalue weighted by Gasteiger charge is 2.23. The Morgan fingerprint density at radius 1 is 1.43 bits per heavy atom. The zero-order chi connectivity index (χ0) is 15.5. The van der Waals surface area contributed by atoms with Crippen LogP contribution in [-0.2, 0) is 21.3 Å². The molecule has 0 aromatic heterocycles. The fourth-order valence-corrected chi connectivity index (χ4v) is 3.75. The summed E-state index contributed by atoms with van der Waals surface area (Å²) < 4.78 is 46.5. The number of nitrogens with one attached hydrogen (secondary N) is 2. The Morgan fingerprint density at radius 3 is 2.81 bits per heavy atom. The standard InChI is InChI=1S/C14H21FN2O3S/c1-10-13(15)6-11(8-16-2)7-14(10)21(18,19)17-9-12-4-3-5-20-12/h6-7,12,16-17H,3-5,8-9H2,1-2H3. The predicted molar refractivity (Wildman–Crippen MR) is 78.1 cm³/mol. The van der Waals surface area contributed by atoms with E-state index in [2.05, 4.69) is 10.0 Å². The minimum Gasteiger partial charge on any atom is -0.377 e.